The van der Waals surface area contributed by atoms with Gasteiger partial charge in [0.05, 0.1) is 17.5 Å². The second-order valence-electron chi connectivity index (χ2n) is 8.32. The smallest absolute Gasteiger partial charge is 0.334 e. The summed E-state index contributed by atoms with van der Waals surface area (Å²) in [6, 6.07) is 0. The van der Waals surface area contributed by atoms with E-state index < -0.39 is 11.9 Å². The highest BCUT2D eigenvalue weighted by molar-refractivity contribution is 5.83. The van der Waals surface area contributed by atoms with Crippen LogP contribution in [0, 0.1) is 0 Å². The number of halogens is 3. The van der Waals surface area contributed by atoms with Crippen molar-refractivity contribution in [2.75, 3.05) is 0 Å². The summed E-state index contributed by atoms with van der Waals surface area (Å²) < 4.78 is 39.7. The molecule has 2 N–H and O–H groups in total. The summed E-state index contributed by atoms with van der Waals surface area (Å²) in [5.41, 5.74) is 2.46. The van der Waals surface area contributed by atoms with Crippen molar-refractivity contribution in [3.8, 4) is 22.8 Å². The van der Waals surface area contributed by atoms with E-state index in [1.165, 1.54) is 0 Å². The Morgan fingerprint density at radius 2 is 1.76 bits per heavy atom. The van der Waals surface area contributed by atoms with E-state index in [1.807, 2.05) is 20.8 Å². The standard InChI is InChI=1S/C19H22F3N7/c1-18(2,3)15-14(17-26-28-29-27-17)13(10-7-5-4-6-8-11(10)24-15)16-23-9-12(25-16)19(20,21)22/h9H,4-8H2,1-3H3,(H,23,25)(H,26,27,28,29). The Hall–Kier alpha value is -2.78. The Morgan fingerprint density at radius 1 is 1.00 bits per heavy atom. The summed E-state index contributed by atoms with van der Waals surface area (Å²) in [4.78, 5) is 11.5. The van der Waals surface area contributed by atoms with Crippen molar-refractivity contribution in [1.29, 1.82) is 0 Å². The lowest BCUT2D eigenvalue weighted by molar-refractivity contribution is -0.140. The summed E-state index contributed by atoms with van der Waals surface area (Å²) in [6.45, 7) is 6.03. The third kappa shape index (κ3) is 3.63. The third-order valence-corrected chi connectivity index (χ3v) is 5.12. The molecule has 154 valence electrons. The molecule has 0 fully saturated rings. The average molecular weight is 405 g/mol. The van der Waals surface area contributed by atoms with Crippen molar-refractivity contribution in [2.24, 2.45) is 0 Å². The van der Waals surface area contributed by atoms with Crippen LogP contribution in [0.25, 0.3) is 22.8 Å². The fourth-order valence-electron chi connectivity index (χ4n) is 3.80. The quantitative estimate of drug-likeness (QED) is 0.622. The van der Waals surface area contributed by atoms with E-state index in [2.05, 4.69) is 30.6 Å². The summed E-state index contributed by atoms with van der Waals surface area (Å²) >= 11 is 0. The van der Waals surface area contributed by atoms with E-state index in [1.54, 1.807) is 0 Å². The molecule has 4 rings (SSSR count). The van der Waals surface area contributed by atoms with E-state index in [0.29, 0.717) is 17.0 Å². The van der Waals surface area contributed by atoms with Crippen LogP contribution in [0.4, 0.5) is 13.2 Å². The zero-order valence-electron chi connectivity index (χ0n) is 16.5. The first kappa shape index (κ1) is 19.5. The predicted molar refractivity (Wildman–Crippen MR) is 100.0 cm³/mol. The van der Waals surface area contributed by atoms with Crippen LogP contribution in [0.3, 0.4) is 0 Å². The zero-order valence-corrected chi connectivity index (χ0v) is 16.5. The monoisotopic (exact) mass is 405 g/mol. The van der Waals surface area contributed by atoms with Crippen LogP contribution in [0.5, 0.6) is 0 Å². The van der Waals surface area contributed by atoms with E-state index in [4.69, 9.17) is 4.98 Å². The molecule has 3 aromatic heterocycles. The van der Waals surface area contributed by atoms with Crippen LogP contribution in [0.2, 0.25) is 0 Å². The number of aromatic nitrogens is 7. The molecule has 0 atom stereocenters. The Balaban J connectivity index is 2.07. The largest absolute Gasteiger partial charge is 0.432 e. The number of nitrogens with zero attached hydrogens (tertiary/aromatic N) is 5. The Morgan fingerprint density at radius 3 is 2.38 bits per heavy atom. The molecule has 10 heteroatoms. The fraction of sp³-hybridized carbons (Fsp3) is 0.526. The zero-order chi connectivity index (χ0) is 20.8. The molecule has 7 nitrogen and oxygen atoms in total. The summed E-state index contributed by atoms with van der Waals surface area (Å²) in [6.07, 6.45) is 0.805. The number of H-pyrrole nitrogens is 2. The van der Waals surface area contributed by atoms with Gasteiger partial charge < -0.3 is 4.98 Å². The molecule has 0 saturated heterocycles. The second-order valence-corrected chi connectivity index (χ2v) is 8.32. The number of imidazole rings is 1. The lowest BCUT2D eigenvalue weighted by atomic mass is 9.83. The topological polar surface area (TPSA) is 96.0 Å². The van der Waals surface area contributed by atoms with E-state index in [9.17, 15) is 13.2 Å². The molecule has 0 spiro atoms. The van der Waals surface area contributed by atoms with Gasteiger partial charge in [0.25, 0.3) is 0 Å². The average Bonchev–Trinajstić information content (AvgIpc) is 3.27. The van der Waals surface area contributed by atoms with Gasteiger partial charge in [-0.3, -0.25) is 4.98 Å². The number of fused-ring (bicyclic) bond motifs is 1. The highest BCUT2D eigenvalue weighted by atomic mass is 19.4. The molecule has 0 unspecified atom stereocenters. The molecule has 0 bridgehead atoms. The van der Waals surface area contributed by atoms with Crippen molar-refractivity contribution in [3.05, 3.63) is 28.8 Å². The van der Waals surface area contributed by atoms with Gasteiger partial charge >= 0.3 is 6.18 Å². The number of hydrogen-bond donors (Lipinski definition) is 2. The molecule has 0 radical (unpaired) electrons. The molecule has 1 aliphatic rings. The molecule has 3 heterocycles. The van der Waals surface area contributed by atoms with E-state index in [-0.39, 0.29) is 11.2 Å². The Kier molecular flexibility index (Phi) is 4.66. The maximum Gasteiger partial charge on any atom is 0.432 e. The minimum absolute atomic E-state index is 0.156. The number of hydrogen-bond acceptors (Lipinski definition) is 5. The molecule has 0 aromatic carbocycles. The third-order valence-electron chi connectivity index (χ3n) is 5.12. The Bertz CT molecular complexity index is 1010. The maximum atomic E-state index is 13.2. The number of pyridine rings is 1. The first-order valence-corrected chi connectivity index (χ1v) is 9.59. The highest BCUT2D eigenvalue weighted by Crippen LogP contribution is 2.42. The lowest BCUT2D eigenvalue weighted by Crippen LogP contribution is -2.19. The van der Waals surface area contributed by atoms with E-state index in [0.717, 1.165) is 55.3 Å². The van der Waals surface area contributed by atoms with Crippen molar-refractivity contribution in [1.82, 2.24) is 35.6 Å². The number of aryl methyl sites for hydroxylation is 1. The molecule has 3 aromatic rings. The minimum Gasteiger partial charge on any atom is -0.334 e. The van der Waals surface area contributed by atoms with Gasteiger partial charge in [-0.1, -0.05) is 27.2 Å². The maximum absolute atomic E-state index is 13.2. The number of rotatable bonds is 2. The van der Waals surface area contributed by atoms with Crippen LogP contribution >= 0.6 is 0 Å². The molecule has 0 aliphatic heterocycles. The molecular formula is C19H22F3N7. The number of tetrazole rings is 1. The minimum atomic E-state index is -4.51. The number of nitrogens with one attached hydrogen (secondary N) is 2. The van der Waals surface area contributed by atoms with Gasteiger partial charge in [-0.2, -0.15) is 18.4 Å². The molecule has 1 aliphatic carbocycles. The van der Waals surface area contributed by atoms with Gasteiger partial charge in [0.1, 0.15) is 11.5 Å². The van der Waals surface area contributed by atoms with Crippen LogP contribution in [0.15, 0.2) is 6.20 Å². The van der Waals surface area contributed by atoms with Crippen molar-refractivity contribution >= 4 is 0 Å². The fourth-order valence-corrected chi connectivity index (χ4v) is 3.80. The Labute approximate surface area is 165 Å². The SMILES string of the molecule is CC(C)(C)c1nc2c(c(-c3ncc(C(F)(F)F)[nH]3)c1-c1nn[nH]n1)CCCCC2. The van der Waals surface area contributed by atoms with Crippen LogP contribution < -0.4 is 0 Å². The highest BCUT2D eigenvalue weighted by Gasteiger charge is 2.35. The number of aromatic amines is 2. The molecular weight excluding hydrogens is 383 g/mol. The van der Waals surface area contributed by atoms with Gasteiger partial charge in [0.15, 0.2) is 0 Å². The summed E-state index contributed by atoms with van der Waals surface area (Å²) in [7, 11) is 0. The summed E-state index contributed by atoms with van der Waals surface area (Å²) in [5, 5.41) is 14.3. The normalized spacial score (nSPS) is 15.2. The van der Waals surface area contributed by atoms with Gasteiger partial charge in [-0.25, -0.2) is 4.98 Å². The first-order chi connectivity index (χ1) is 13.7. The van der Waals surface area contributed by atoms with Gasteiger partial charge in [0.2, 0.25) is 5.82 Å². The van der Waals surface area contributed by atoms with Crippen LogP contribution in [0.1, 0.15) is 62.7 Å². The first-order valence-electron chi connectivity index (χ1n) is 9.59. The lowest BCUT2D eigenvalue weighted by Gasteiger charge is -2.25. The van der Waals surface area contributed by atoms with Crippen molar-refractivity contribution in [2.45, 2.75) is 64.5 Å². The van der Waals surface area contributed by atoms with Gasteiger partial charge in [0, 0.05) is 16.7 Å². The van der Waals surface area contributed by atoms with Gasteiger partial charge in [-0.15, -0.1) is 10.2 Å². The number of alkyl halides is 3. The van der Waals surface area contributed by atoms with Crippen molar-refractivity contribution < 1.29 is 13.2 Å². The predicted octanol–water partition coefficient (Wildman–Crippen LogP) is 4.24. The molecule has 0 saturated carbocycles. The molecule has 0 amide bonds. The summed E-state index contributed by atoms with van der Waals surface area (Å²) in [5.74, 6) is 0.456. The van der Waals surface area contributed by atoms with Crippen molar-refractivity contribution in [3.63, 3.8) is 0 Å². The van der Waals surface area contributed by atoms with E-state index >= 15 is 0 Å². The van der Waals surface area contributed by atoms with Crippen LogP contribution in [-0.4, -0.2) is 35.6 Å². The van der Waals surface area contributed by atoms with Gasteiger partial charge in [-0.05, 0) is 36.5 Å². The molecule has 29 heavy (non-hydrogen) atoms. The van der Waals surface area contributed by atoms with Crippen LogP contribution in [-0.2, 0) is 24.4 Å². The second kappa shape index (κ2) is 6.93.